The highest BCUT2D eigenvalue weighted by molar-refractivity contribution is 5.79. The molecule has 7 nitrogen and oxygen atoms in total. The van der Waals surface area contributed by atoms with Crippen molar-refractivity contribution in [1.29, 1.82) is 0 Å². The summed E-state index contributed by atoms with van der Waals surface area (Å²) in [7, 11) is 0. The van der Waals surface area contributed by atoms with Gasteiger partial charge in [0.2, 0.25) is 0 Å². The van der Waals surface area contributed by atoms with Crippen molar-refractivity contribution in [3.8, 4) is 22.4 Å². The monoisotopic (exact) mass is 439 g/mol. The van der Waals surface area contributed by atoms with E-state index in [-0.39, 0.29) is 5.92 Å². The van der Waals surface area contributed by atoms with Gasteiger partial charge in [0.05, 0.1) is 23.5 Å². The van der Waals surface area contributed by atoms with Gasteiger partial charge < -0.3 is 10.4 Å². The van der Waals surface area contributed by atoms with Crippen LogP contribution in [0.2, 0.25) is 0 Å². The van der Waals surface area contributed by atoms with Crippen LogP contribution in [0.15, 0.2) is 54.9 Å². The minimum Gasteiger partial charge on any atom is -0.481 e. The lowest BCUT2D eigenvalue weighted by Gasteiger charge is -2.27. The molecule has 6 rings (SSSR count). The van der Waals surface area contributed by atoms with E-state index in [9.17, 15) is 9.90 Å². The highest BCUT2D eigenvalue weighted by Crippen LogP contribution is 2.40. The fraction of sp³-hybridized carbons (Fsp3) is 0.308. The van der Waals surface area contributed by atoms with Crippen LogP contribution in [0.25, 0.3) is 28.0 Å². The summed E-state index contributed by atoms with van der Waals surface area (Å²) < 4.78 is 1.91. The van der Waals surface area contributed by atoms with Crippen LogP contribution >= 0.6 is 0 Å². The first-order valence-electron chi connectivity index (χ1n) is 11.6. The molecule has 4 heterocycles. The number of hydrogen-bond acceptors (Lipinski definition) is 5. The van der Waals surface area contributed by atoms with Crippen LogP contribution in [0.3, 0.4) is 0 Å². The minimum atomic E-state index is -0.673. The third-order valence-corrected chi connectivity index (χ3v) is 7.05. The van der Waals surface area contributed by atoms with Gasteiger partial charge in [0.15, 0.2) is 5.65 Å². The average molecular weight is 440 g/mol. The van der Waals surface area contributed by atoms with E-state index in [4.69, 9.17) is 4.98 Å². The molecule has 1 fully saturated rings. The van der Waals surface area contributed by atoms with E-state index in [1.165, 1.54) is 5.56 Å². The lowest BCUT2D eigenvalue weighted by molar-refractivity contribution is -0.142. The summed E-state index contributed by atoms with van der Waals surface area (Å²) in [6.45, 7) is 0.871. The van der Waals surface area contributed by atoms with Crippen molar-refractivity contribution < 1.29 is 9.90 Å². The molecule has 0 radical (unpaired) electrons. The molecule has 0 atom stereocenters. The Kier molecular flexibility index (Phi) is 4.82. The molecule has 166 valence electrons. The minimum absolute atomic E-state index is 0.226. The first-order chi connectivity index (χ1) is 16.2. The highest BCUT2D eigenvalue weighted by Gasteiger charge is 2.32. The maximum Gasteiger partial charge on any atom is 0.306 e. The first-order valence-corrected chi connectivity index (χ1v) is 11.6. The van der Waals surface area contributed by atoms with Crippen LogP contribution in [0.4, 0.5) is 5.82 Å². The topological polar surface area (TPSA) is 92.4 Å². The number of nitrogens with zero attached hydrogens (tertiary/aromatic N) is 4. The Morgan fingerprint density at radius 2 is 1.82 bits per heavy atom. The summed E-state index contributed by atoms with van der Waals surface area (Å²) >= 11 is 0. The smallest absolute Gasteiger partial charge is 0.306 e. The molecule has 33 heavy (non-hydrogen) atoms. The van der Waals surface area contributed by atoms with Gasteiger partial charge in [-0.2, -0.15) is 9.61 Å². The fourth-order valence-electron chi connectivity index (χ4n) is 5.27. The number of pyridine rings is 1. The second-order valence-corrected chi connectivity index (χ2v) is 8.98. The van der Waals surface area contributed by atoms with Crippen molar-refractivity contribution in [1.82, 2.24) is 19.6 Å². The average Bonchev–Trinajstić information content (AvgIpc) is 3.51. The molecule has 2 N–H and O–H groups in total. The summed E-state index contributed by atoms with van der Waals surface area (Å²) in [5.74, 6) is 0.417. The van der Waals surface area contributed by atoms with Gasteiger partial charge in [-0.1, -0.05) is 36.4 Å². The second-order valence-electron chi connectivity index (χ2n) is 8.98. The number of carboxylic acids is 1. The van der Waals surface area contributed by atoms with E-state index in [0.29, 0.717) is 18.8 Å². The summed E-state index contributed by atoms with van der Waals surface area (Å²) in [4.78, 5) is 21.2. The van der Waals surface area contributed by atoms with Crippen molar-refractivity contribution >= 4 is 17.4 Å². The van der Waals surface area contributed by atoms with Crippen LogP contribution in [0.1, 0.15) is 42.9 Å². The molecule has 0 amide bonds. The number of aliphatic carboxylic acids is 1. The Balaban J connectivity index is 1.39. The fourth-order valence-corrected chi connectivity index (χ4v) is 5.27. The Hall–Kier alpha value is -3.74. The molecule has 1 aromatic carbocycles. The van der Waals surface area contributed by atoms with Gasteiger partial charge in [0.1, 0.15) is 5.82 Å². The molecule has 4 aromatic rings. The van der Waals surface area contributed by atoms with Crippen molar-refractivity contribution in [2.24, 2.45) is 5.92 Å². The maximum absolute atomic E-state index is 11.4. The summed E-state index contributed by atoms with van der Waals surface area (Å²) in [6, 6.07) is 14.2. The van der Waals surface area contributed by atoms with Crippen molar-refractivity contribution in [2.75, 3.05) is 11.9 Å². The van der Waals surface area contributed by atoms with Crippen LogP contribution in [0.5, 0.6) is 0 Å². The van der Waals surface area contributed by atoms with Gasteiger partial charge in [0.25, 0.3) is 0 Å². The third-order valence-electron chi connectivity index (χ3n) is 7.05. The number of hydrogen-bond donors (Lipinski definition) is 2. The van der Waals surface area contributed by atoms with Gasteiger partial charge in [-0.15, -0.1) is 0 Å². The van der Waals surface area contributed by atoms with Crippen molar-refractivity contribution in [2.45, 2.75) is 38.0 Å². The SMILES string of the molecule is O=C(O)[C@H]1CC[C@H](c2nc3c(-c4ccc(-c5ccccc5)nc4)cnn3c3c2CCN3)CC1. The molecule has 0 bridgehead atoms. The number of rotatable bonds is 4. The Labute approximate surface area is 191 Å². The standard InChI is InChI=1S/C26H25N5O2/c32-26(33)18-8-6-17(7-9-18)23-20-12-13-27-24(20)31-25(30-23)21(15-29-31)19-10-11-22(28-14-19)16-4-2-1-3-5-16/h1-5,10-11,14-15,17-18,27H,6-9,12-13H2,(H,32,33)/t17-,18-. The largest absolute Gasteiger partial charge is 0.481 e. The van der Waals surface area contributed by atoms with E-state index >= 15 is 0 Å². The number of aromatic nitrogens is 4. The van der Waals surface area contributed by atoms with Crippen LogP contribution < -0.4 is 5.32 Å². The van der Waals surface area contributed by atoms with Crippen LogP contribution in [0, 0.1) is 5.92 Å². The molecular formula is C26H25N5O2. The molecule has 7 heteroatoms. The Morgan fingerprint density at radius 3 is 2.55 bits per heavy atom. The van der Waals surface area contributed by atoms with E-state index in [0.717, 1.165) is 65.4 Å². The van der Waals surface area contributed by atoms with Crippen LogP contribution in [-0.2, 0) is 11.2 Å². The Morgan fingerprint density at radius 1 is 1.00 bits per heavy atom. The lowest BCUT2D eigenvalue weighted by atomic mass is 9.79. The van der Waals surface area contributed by atoms with Crippen molar-refractivity contribution in [3.05, 3.63) is 66.1 Å². The molecule has 1 saturated carbocycles. The normalized spacial score (nSPS) is 19.9. The number of anilines is 1. The molecule has 0 spiro atoms. The quantitative estimate of drug-likeness (QED) is 0.475. The first kappa shape index (κ1) is 19.9. The van der Waals surface area contributed by atoms with Gasteiger partial charge in [0, 0.05) is 40.9 Å². The summed E-state index contributed by atoms with van der Waals surface area (Å²) in [6.07, 6.45) is 7.84. The van der Waals surface area contributed by atoms with Gasteiger partial charge >= 0.3 is 5.97 Å². The lowest BCUT2D eigenvalue weighted by Crippen LogP contribution is -2.21. The second kappa shape index (κ2) is 7.99. The number of fused-ring (bicyclic) bond motifs is 3. The van der Waals surface area contributed by atoms with Gasteiger partial charge in [-0.25, -0.2) is 4.98 Å². The summed E-state index contributed by atoms with van der Waals surface area (Å²) in [5, 5.41) is 17.5. The summed E-state index contributed by atoms with van der Waals surface area (Å²) in [5.41, 5.74) is 7.13. The molecule has 1 aliphatic carbocycles. The maximum atomic E-state index is 11.4. The van der Waals surface area contributed by atoms with E-state index < -0.39 is 5.97 Å². The van der Waals surface area contributed by atoms with E-state index in [2.05, 4.69) is 33.6 Å². The van der Waals surface area contributed by atoms with E-state index in [1.807, 2.05) is 41.2 Å². The zero-order valence-electron chi connectivity index (χ0n) is 18.2. The zero-order valence-corrected chi connectivity index (χ0v) is 18.2. The molecule has 2 aliphatic rings. The number of nitrogens with one attached hydrogen (secondary N) is 1. The highest BCUT2D eigenvalue weighted by atomic mass is 16.4. The number of carbonyl (C=O) groups is 1. The zero-order chi connectivity index (χ0) is 22.4. The van der Waals surface area contributed by atoms with Crippen molar-refractivity contribution in [3.63, 3.8) is 0 Å². The predicted octanol–water partition coefficient (Wildman–Crippen LogP) is 4.78. The van der Waals surface area contributed by atoms with Crippen LogP contribution in [-0.4, -0.2) is 37.2 Å². The molecule has 1 aliphatic heterocycles. The number of carboxylic acid groups (broad SMARTS) is 1. The molecule has 0 unspecified atom stereocenters. The third kappa shape index (κ3) is 3.44. The number of benzene rings is 1. The Bertz CT molecular complexity index is 1320. The van der Waals surface area contributed by atoms with Gasteiger partial charge in [-0.05, 0) is 38.2 Å². The molecule has 3 aromatic heterocycles. The molecular weight excluding hydrogens is 414 g/mol. The predicted molar refractivity (Wildman–Crippen MR) is 126 cm³/mol. The van der Waals surface area contributed by atoms with Gasteiger partial charge in [-0.3, -0.25) is 9.78 Å². The van der Waals surface area contributed by atoms with E-state index in [1.54, 1.807) is 0 Å². The molecule has 0 saturated heterocycles.